The summed E-state index contributed by atoms with van der Waals surface area (Å²) in [6.45, 7) is 2.56. The fraction of sp³-hybridized carbons (Fsp3) is 0.333. The van der Waals surface area contributed by atoms with Crippen LogP contribution in [0.2, 0.25) is 0 Å². The van der Waals surface area contributed by atoms with Crippen molar-refractivity contribution in [2.45, 2.75) is 13.0 Å². The first-order valence-electron chi connectivity index (χ1n) is 4.47. The molecule has 1 atom stereocenters. The van der Waals surface area contributed by atoms with E-state index in [9.17, 15) is 0 Å². The van der Waals surface area contributed by atoms with E-state index in [-0.39, 0.29) is 6.04 Å². The predicted molar refractivity (Wildman–Crippen MR) is 53.9 cm³/mol. The van der Waals surface area contributed by atoms with E-state index in [1.807, 2.05) is 19.1 Å². The second-order valence-corrected chi connectivity index (χ2v) is 3.20. The van der Waals surface area contributed by atoms with E-state index in [1.165, 1.54) is 0 Å². The van der Waals surface area contributed by atoms with Gasteiger partial charge in [0.2, 0.25) is 0 Å². The maximum atomic E-state index is 5.49. The van der Waals surface area contributed by atoms with E-state index in [4.69, 9.17) is 10.3 Å². The third kappa shape index (κ3) is 1.67. The summed E-state index contributed by atoms with van der Waals surface area (Å²) in [5.41, 5.74) is 6.03. The lowest BCUT2D eigenvalue weighted by Crippen LogP contribution is -2.25. The molecule has 0 aliphatic carbocycles. The summed E-state index contributed by atoms with van der Waals surface area (Å²) in [6, 6.07) is 3.98. The minimum Gasteiger partial charge on any atom is -0.366 e. The highest BCUT2D eigenvalue weighted by molar-refractivity contribution is 5.73. The van der Waals surface area contributed by atoms with Crippen molar-refractivity contribution in [3.63, 3.8) is 0 Å². The second-order valence-electron chi connectivity index (χ2n) is 3.20. The Labute approximate surface area is 81.3 Å². The fourth-order valence-electron chi connectivity index (χ4n) is 1.15. The van der Waals surface area contributed by atoms with Crippen molar-refractivity contribution in [1.29, 1.82) is 0 Å². The van der Waals surface area contributed by atoms with Crippen LogP contribution in [0.1, 0.15) is 6.92 Å². The van der Waals surface area contributed by atoms with Gasteiger partial charge in [-0.05, 0) is 19.1 Å². The van der Waals surface area contributed by atoms with Gasteiger partial charge in [-0.15, -0.1) is 0 Å². The highest BCUT2D eigenvalue weighted by Gasteiger charge is 2.03. The monoisotopic (exact) mass is 192 g/mol. The highest BCUT2D eigenvalue weighted by Crippen LogP contribution is 2.14. The third-order valence-electron chi connectivity index (χ3n) is 1.97. The molecule has 0 spiro atoms. The van der Waals surface area contributed by atoms with Gasteiger partial charge in [0.1, 0.15) is 5.82 Å². The highest BCUT2D eigenvalue weighted by atomic mass is 16.5. The van der Waals surface area contributed by atoms with E-state index in [0.29, 0.717) is 12.3 Å². The maximum absolute atomic E-state index is 5.49. The first kappa shape index (κ1) is 8.96. The molecule has 0 bridgehead atoms. The second kappa shape index (κ2) is 3.63. The number of hydrogen-bond donors (Lipinski definition) is 2. The molecule has 0 aromatic carbocycles. The fourth-order valence-corrected chi connectivity index (χ4v) is 1.15. The molecule has 1 unspecified atom stereocenters. The Bertz CT molecular complexity index is 425. The van der Waals surface area contributed by atoms with Gasteiger partial charge < -0.3 is 15.6 Å². The van der Waals surface area contributed by atoms with Gasteiger partial charge in [-0.2, -0.15) is 4.98 Å². The first-order chi connectivity index (χ1) is 6.79. The van der Waals surface area contributed by atoms with E-state index < -0.39 is 0 Å². The summed E-state index contributed by atoms with van der Waals surface area (Å²) in [5.74, 6) is 0.757. The quantitative estimate of drug-likeness (QED) is 0.758. The Morgan fingerprint density at radius 1 is 1.57 bits per heavy atom. The van der Waals surface area contributed by atoms with Crippen LogP contribution in [-0.2, 0) is 0 Å². The number of pyridine rings is 1. The molecule has 3 N–H and O–H groups in total. The molecule has 0 saturated carbocycles. The molecule has 0 aliphatic rings. The maximum Gasteiger partial charge on any atom is 0.259 e. The number of aromatic nitrogens is 2. The third-order valence-corrected chi connectivity index (χ3v) is 1.97. The first-order valence-corrected chi connectivity index (χ1v) is 4.47. The topological polar surface area (TPSA) is 77.0 Å². The lowest BCUT2D eigenvalue weighted by atomic mass is 10.3. The van der Waals surface area contributed by atoms with E-state index in [1.54, 1.807) is 6.20 Å². The molecule has 2 aromatic heterocycles. The number of nitrogens with one attached hydrogen (secondary N) is 1. The Hall–Kier alpha value is -1.62. The molecule has 0 aliphatic heterocycles. The number of nitrogens with two attached hydrogens (primary N) is 1. The molecular weight excluding hydrogens is 180 g/mol. The van der Waals surface area contributed by atoms with Gasteiger partial charge in [-0.1, -0.05) is 5.16 Å². The zero-order valence-corrected chi connectivity index (χ0v) is 7.90. The molecule has 2 heterocycles. The molecule has 2 rings (SSSR count). The molecule has 14 heavy (non-hydrogen) atoms. The average molecular weight is 192 g/mol. The van der Waals surface area contributed by atoms with Crippen molar-refractivity contribution < 1.29 is 4.52 Å². The van der Waals surface area contributed by atoms with Gasteiger partial charge in [0.25, 0.3) is 5.71 Å². The van der Waals surface area contributed by atoms with Crippen molar-refractivity contribution in [3.05, 3.63) is 18.3 Å². The Morgan fingerprint density at radius 3 is 3.21 bits per heavy atom. The summed E-state index contributed by atoms with van der Waals surface area (Å²) in [5, 5.41) is 7.70. The Balaban J connectivity index is 2.25. The van der Waals surface area contributed by atoms with Crippen LogP contribution in [0.4, 0.5) is 5.82 Å². The molecule has 0 saturated heterocycles. The summed E-state index contributed by atoms with van der Waals surface area (Å²) < 4.78 is 4.94. The van der Waals surface area contributed by atoms with Gasteiger partial charge in [0.15, 0.2) is 0 Å². The van der Waals surface area contributed by atoms with Crippen molar-refractivity contribution in [2.24, 2.45) is 5.73 Å². The molecule has 0 fully saturated rings. The summed E-state index contributed by atoms with van der Waals surface area (Å²) in [7, 11) is 0. The summed E-state index contributed by atoms with van der Waals surface area (Å²) in [4.78, 5) is 4.23. The van der Waals surface area contributed by atoms with Crippen LogP contribution >= 0.6 is 0 Å². The zero-order valence-electron chi connectivity index (χ0n) is 7.90. The van der Waals surface area contributed by atoms with Crippen LogP contribution in [0, 0.1) is 0 Å². The number of nitrogens with zero attached hydrogens (tertiary/aromatic N) is 2. The van der Waals surface area contributed by atoms with Gasteiger partial charge >= 0.3 is 0 Å². The van der Waals surface area contributed by atoms with Crippen LogP contribution in [0.3, 0.4) is 0 Å². The molecular formula is C9H12N4O. The molecule has 0 amide bonds. The van der Waals surface area contributed by atoms with Crippen molar-refractivity contribution in [2.75, 3.05) is 11.9 Å². The Morgan fingerprint density at radius 2 is 2.43 bits per heavy atom. The van der Waals surface area contributed by atoms with Crippen LogP contribution in [0.5, 0.6) is 0 Å². The number of hydrogen-bond acceptors (Lipinski definition) is 5. The average Bonchev–Trinajstić information content (AvgIpc) is 2.64. The minimum atomic E-state index is 0.197. The smallest absolute Gasteiger partial charge is 0.259 e. The molecule has 2 aromatic rings. The van der Waals surface area contributed by atoms with Crippen molar-refractivity contribution >= 4 is 16.9 Å². The lowest BCUT2D eigenvalue weighted by molar-refractivity contribution is 0.449. The van der Waals surface area contributed by atoms with Crippen LogP contribution in [-0.4, -0.2) is 22.7 Å². The minimum absolute atomic E-state index is 0.197. The standard InChI is InChI=1S/C9H12N4O/c1-6(4-10)12-8-3-2-7-5-11-14-9(7)13-8/h2-3,5-6H,4,10H2,1H3,(H,12,13). The Kier molecular flexibility index (Phi) is 2.32. The predicted octanol–water partition coefficient (Wildman–Crippen LogP) is 0.982. The molecule has 74 valence electrons. The summed E-state index contributed by atoms with van der Waals surface area (Å²) in [6.07, 6.45) is 1.64. The SMILES string of the molecule is CC(CN)Nc1ccc2cnoc2n1. The van der Waals surface area contributed by atoms with Gasteiger partial charge in [-0.3, -0.25) is 0 Å². The zero-order chi connectivity index (χ0) is 9.97. The van der Waals surface area contributed by atoms with Crippen LogP contribution in [0.25, 0.3) is 11.1 Å². The number of anilines is 1. The largest absolute Gasteiger partial charge is 0.366 e. The molecule has 5 nitrogen and oxygen atoms in total. The van der Waals surface area contributed by atoms with Gasteiger partial charge in [0, 0.05) is 12.6 Å². The lowest BCUT2D eigenvalue weighted by Gasteiger charge is -2.10. The van der Waals surface area contributed by atoms with Crippen LogP contribution < -0.4 is 11.1 Å². The van der Waals surface area contributed by atoms with Gasteiger partial charge in [0.05, 0.1) is 11.6 Å². The van der Waals surface area contributed by atoms with Crippen molar-refractivity contribution in [3.8, 4) is 0 Å². The summed E-state index contributed by atoms with van der Waals surface area (Å²) >= 11 is 0. The van der Waals surface area contributed by atoms with Crippen LogP contribution in [0.15, 0.2) is 22.9 Å². The van der Waals surface area contributed by atoms with Gasteiger partial charge in [-0.25, -0.2) is 0 Å². The van der Waals surface area contributed by atoms with E-state index >= 15 is 0 Å². The van der Waals surface area contributed by atoms with E-state index in [2.05, 4.69) is 15.5 Å². The normalized spacial score (nSPS) is 13.0. The number of rotatable bonds is 3. The van der Waals surface area contributed by atoms with E-state index in [0.717, 1.165) is 11.2 Å². The molecule has 0 radical (unpaired) electrons. The molecule has 5 heteroatoms. The number of fused-ring (bicyclic) bond motifs is 1. The van der Waals surface area contributed by atoms with Crippen molar-refractivity contribution in [1.82, 2.24) is 10.1 Å².